The molecule has 0 saturated heterocycles. The molecule has 0 fully saturated rings. The highest BCUT2D eigenvalue weighted by Crippen LogP contribution is 2.14. The number of allylic oxidation sites excluding steroid dienone is 14. The van der Waals surface area contributed by atoms with Crippen LogP contribution in [0, 0.1) is 0 Å². The van der Waals surface area contributed by atoms with E-state index in [1.165, 1.54) is 89.9 Å². The number of ether oxygens (including phenoxy) is 3. The molecule has 6 nitrogen and oxygen atoms in total. The van der Waals surface area contributed by atoms with E-state index in [-0.39, 0.29) is 31.1 Å². The first kappa shape index (κ1) is 61.6. The second-order valence-corrected chi connectivity index (χ2v) is 17.7. The van der Waals surface area contributed by atoms with Crippen molar-refractivity contribution in [3.8, 4) is 0 Å². The zero-order valence-corrected chi connectivity index (χ0v) is 42.5. The number of unbranched alkanes of at least 4 members (excludes halogenated alkanes) is 23. The van der Waals surface area contributed by atoms with Gasteiger partial charge in [-0.05, 0) is 116 Å². The first-order chi connectivity index (χ1) is 32.0. The molecule has 6 heteroatoms. The minimum atomic E-state index is -0.797. The average molecular weight is 905 g/mol. The maximum atomic E-state index is 12.8. The van der Waals surface area contributed by atoms with Crippen LogP contribution in [0.5, 0.6) is 0 Å². The molecule has 0 heterocycles. The molecular weight excluding hydrogens is 805 g/mol. The van der Waals surface area contributed by atoms with Gasteiger partial charge in [-0.1, -0.05) is 202 Å². The Bertz CT molecular complexity index is 1270. The van der Waals surface area contributed by atoms with Crippen LogP contribution in [-0.4, -0.2) is 37.2 Å². The average Bonchev–Trinajstić information content (AvgIpc) is 3.30. The predicted molar refractivity (Wildman–Crippen MR) is 279 cm³/mol. The maximum absolute atomic E-state index is 12.8. The molecule has 0 aliphatic carbocycles. The predicted octanol–water partition coefficient (Wildman–Crippen LogP) is 18.0. The molecule has 372 valence electrons. The van der Waals surface area contributed by atoms with Crippen LogP contribution in [0.25, 0.3) is 0 Å². The number of esters is 3. The lowest BCUT2D eigenvalue weighted by Crippen LogP contribution is -2.30. The molecule has 0 radical (unpaired) electrons. The second kappa shape index (κ2) is 53.2. The van der Waals surface area contributed by atoms with Crippen molar-refractivity contribution in [1.82, 2.24) is 0 Å². The Hall–Kier alpha value is -3.41. The SMILES string of the molecule is CC/C=C\C/C=C\C/C=C\CCCCCCCC(=O)OC[C@H](COC(=O)CCCCCCCCC/C=C\CCCCCC)OC(=O)CCCCCC/C=C\C/C=C\C/C=C\CCCCC. The van der Waals surface area contributed by atoms with Gasteiger partial charge >= 0.3 is 17.9 Å². The summed E-state index contributed by atoms with van der Waals surface area (Å²) in [5.41, 5.74) is 0. The highest BCUT2D eigenvalue weighted by molar-refractivity contribution is 5.71. The summed E-state index contributed by atoms with van der Waals surface area (Å²) in [5.74, 6) is -0.936. The highest BCUT2D eigenvalue weighted by Gasteiger charge is 2.19. The maximum Gasteiger partial charge on any atom is 0.306 e. The van der Waals surface area contributed by atoms with Crippen LogP contribution in [0.15, 0.2) is 85.1 Å². The van der Waals surface area contributed by atoms with Crippen LogP contribution >= 0.6 is 0 Å². The summed E-state index contributed by atoms with van der Waals surface area (Å²) >= 11 is 0. The summed E-state index contributed by atoms with van der Waals surface area (Å²) in [7, 11) is 0. The lowest BCUT2D eigenvalue weighted by molar-refractivity contribution is -0.167. The van der Waals surface area contributed by atoms with Crippen molar-refractivity contribution in [2.24, 2.45) is 0 Å². The van der Waals surface area contributed by atoms with Crippen molar-refractivity contribution in [3.05, 3.63) is 85.1 Å². The smallest absolute Gasteiger partial charge is 0.306 e. The number of hydrogen-bond acceptors (Lipinski definition) is 6. The molecule has 0 aromatic heterocycles. The van der Waals surface area contributed by atoms with Gasteiger partial charge in [-0.3, -0.25) is 14.4 Å². The summed E-state index contributed by atoms with van der Waals surface area (Å²) in [6.07, 6.45) is 68.5. The third kappa shape index (κ3) is 51.4. The van der Waals surface area contributed by atoms with E-state index >= 15 is 0 Å². The molecule has 0 unspecified atom stereocenters. The largest absolute Gasteiger partial charge is 0.462 e. The van der Waals surface area contributed by atoms with Crippen molar-refractivity contribution in [3.63, 3.8) is 0 Å². The highest BCUT2D eigenvalue weighted by atomic mass is 16.6. The molecule has 1 atom stereocenters. The van der Waals surface area contributed by atoms with Gasteiger partial charge in [-0.2, -0.15) is 0 Å². The number of carbonyl (C=O) groups excluding carboxylic acids is 3. The Kier molecular flexibility index (Phi) is 50.4. The van der Waals surface area contributed by atoms with Gasteiger partial charge in [0.05, 0.1) is 0 Å². The van der Waals surface area contributed by atoms with E-state index in [9.17, 15) is 14.4 Å². The molecule has 0 aliphatic heterocycles. The fourth-order valence-electron chi connectivity index (χ4n) is 7.28. The molecule has 0 bridgehead atoms. The molecule has 0 amide bonds. The van der Waals surface area contributed by atoms with Crippen molar-refractivity contribution >= 4 is 17.9 Å². The van der Waals surface area contributed by atoms with E-state index in [0.29, 0.717) is 19.3 Å². The number of hydrogen-bond donors (Lipinski definition) is 0. The van der Waals surface area contributed by atoms with Crippen molar-refractivity contribution in [2.75, 3.05) is 13.2 Å². The minimum Gasteiger partial charge on any atom is -0.462 e. The molecule has 0 spiro atoms. The summed E-state index contributed by atoms with van der Waals surface area (Å²) in [6.45, 7) is 6.45. The summed E-state index contributed by atoms with van der Waals surface area (Å²) in [6, 6.07) is 0. The topological polar surface area (TPSA) is 78.9 Å². The third-order valence-corrected chi connectivity index (χ3v) is 11.4. The van der Waals surface area contributed by atoms with E-state index in [1.54, 1.807) is 0 Å². The Labute approximate surface area is 401 Å². The zero-order valence-electron chi connectivity index (χ0n) is 42.5. The zero-order chi connectivity index (χ0) is 47.2. The monoisotopic (exact) mass is 905 g/mol. The lowest BCUT2D eigenvalue weighted by atomic mass is 10.1. The van der Waals surface area contributed by atoms with Gasteiger partial charge in [-0.15, -0.1) is 0 Å². The molecule has 0 N–H and O–H groups in total. The van der Waals surface area contributed by atoms with Gasteiger partial charge in [0, 0.05) is 19.3 Å². The van der Waals surface area contributed by atoms with Crippen molar-refractivity contribution in [1.29, 1.82) is 0 Å². The quantitative estimate of drug-likeness (QED) is 0.0262. The van der Waals surface area contributed by atoms with Crippen molar-refractivity contribution < 1.29 is 28.6 Å². The number of carbonyl (C=O) groups is 3. The Morgan fingerprint density at radius 2 is 0.600 bits per heavy atom. The summed E-state index contributed by atoms with van der Waals surface area (Å²) < 4.78 is 16.8. The van der Waals surface area contributed by atoms with Gasteiger partial charge in [0.2, 0.25) is 0 Å². The van der Waals surface area contributed by atoms with Gasteiger partial charge in [0.1, 0.15) is 13.2 Å². The minimum absolute atomic E-state index is 0.0939. The first-order valence-electron chi connectivity index (χ1n) is 27.1. The second-order valence-electron chi connectivity index (χ2n) is 17.7. The van der Waals surface area contributed by atoms with E-state index < -0.39 is 6.10 Å². The standard InChI is InChI=1S/C59H100O6/c1-4-7-10-13-16-19-22-25-28-29-32-35-38-41-44-47-50-53-59(62)65-56(54-63-57(60)51-48-45-42-39-36-33-30-26-23-20-17-14-11-8-5-2)55-64-58(61)52-49-46-43-40-37-34-31-27-24-21-18-15-12-9-6-3/h8,11,16-17,19-21,24-26,28,30,32,35,56H,4-7,9-10,12-15,18,22-23,27,29,31,33-34,36-55H2,1-3H3/b11-8-,19-16-,20-17-,24-21-,28-25-,30-26-,35-32-/t56-/m1/s1. The van der Waals surface area contributed by atoms with E-state index in [4.69, 9.17) is 14.2 Å². The van der Waals surface area contributed by atoms with Crippen LogP contribution in [0.3, 0.4) is 0 Å². The van der Waals surface area contributed by atoms with E-state index in [0.717, 1.165) is 122 Å². The van der Waals surface area contributed by atoms with Gasteiger partial charge in [-0.25, -0.2) is 0 Å². The Morgan fingerprint density at radius 1 is 0.323 bits per heavy atom. The van der Waals surface area contributed by atoms with Gasteiger partial charge in [0.15, 0.2) is 6.10 Å². The Balaban J connectivity index is 4.47. The van der Waals surface area contributed by atoms with E-state index in [1.807, 2.05) is 0 Å². The van der Waals surface area contributed by atoms with Crippen LogP contribution in [0.4, 0.5) is 0 Å². The van der Waals surface area contributed by atoms with Crippen LogP contribution in [0.1, 0.15) is 252 Å². The lowest BCUT2D eigenvalue weighted by Gasteiger charge is -2.18. The van der Waals surface area contributed by atoms with Crippen LogP contribution in [-0.2, 0) is 28.6 Å². The van der Waals surface area contributed by atoms with Crippen LogP contribution < -0.4 is 0 Å². The fraction of sp³-hybridized carbons (Fsp3) is 0.712. The molecule has 0 aromatic carbocycles. The van der Waals surface area contributed by atoms with Crippen molar-refractivity contribution in [2.45, 2.75) is 258 Å². The molecule has 0 rings (SSSR count). The van der Waals surface area contributed by atoms with E-state index in [2.05, 4.69) is 106 Å². The first-order valence-corrected chi connectivity index (χ1v) is 27.1. The molecule has 65 heavy (non-hydrogen) atoms. The van der Waals surface area contributed by atoms with Crippen LogP contribution in [0.2, 0.25) is 0 Å². The van der Waals surface area contributed by atoms with Gasteiger partial charge < -0.3 is 14.2 Å². The molecule has 0 saturated carbocycles. The fourth-order valence-corrected chi connectivity index (χ4v) is 7.28. The molecule has 0 aliphatic rings. The molecule has 0 aromatic rings. The van der Waals surface area contributed by atoms with Gasteiger partial charge in [0.25, 0.3) is 0 Å². The summed E-state index contributed by atoms with van der Waals surface area (Å²) in [5, 5.41) is 0. The third-order valence-electron chi connectivity index (χ3n) is 11.4. The number of rotatable bonds is 48. The normalized spacial score (nSPS) is 12.7. The Morgan fingerprint density at radius 3 is 0.985 bits per heavy atom. The summed E-state index contributed by atoms with van der Waals surface area (Å²) in [4.78, 5) is 38.1. The molecular formula is C59H100O6.